The normalized spacial score (nSPS) is 16.6. The average Bonchev–Trinajstić information content (AvgIpc) is 1.56. The molecule has 0 amide bonds. The van der Waals surface area contributed by atoms with Crippen molar-refractivity contribution in [3.63, 3.8) is 0 Å². The zero-order valence-corrected chi connectivity index (χ0v) is 6.23. The topological polar surface area (TPSA) is 34.1 Å². The lowest BCUT2D eigenvalue weighted by Crippen LogP contribution is -2.16. The third-order valence-corrected chi connectivity index (χ3v) is 1.84. The molecule has 2 heteroatoms. The Hall–Kier alpha value is -0.920. The van der Waals surface area contributed by atoms with E-state index >= 15 is 0 Å². The van der Waals surface area contributed by atoms with Crippen LogP contribution >= 0.6 is 0 Å². The maximum Gasteiger partial charge on any atom is 0.156 e. The van der Waals surface area contributed by atoms with Gasteiger partial charge in [-0.1, -0.05) is 0 Å². The van der Waals surface area contributed by atoms with Gasteiger partial charge in [-0.2, -0.15) is 0 Å². The number of hydrogen-bond donors (Lipinski definition) is 0. The Balaban J connectivity index is 2.87. The van der Waals surface area contributed by atoms with Gasteiger partial charge in [-0.05, 0) is 26.7 Å². The summed E-state index contributed by atoms with van der Waals surface area (Å²) in [6.45, 7) is 3.02. The van der Waals surface area contributed by atoms with Crippen LogP contribution in [0.2, 0.25) is 0 Å². The van der Waals surface area contributed by atoms with Crippen LogP contribution in [-0.4, -0.2) is 11.6 Å². The molecule has 0 atom stereocenters. The molecule has 2 nitrogen and oxygen atoms in total. The van der Waals surface area contributed by atoms with Crippen LogP contribution in [0.5, 0.6) is 0 Å². The third-order valence-electron chi connectivity index (χ3n) is 1.84. The molecule has 0 fully saturated rings. The SMILES string of the molecule is CC(=O)C1=C(C(C)=O)CC1. The summed E-state index contributed by atoms with van der Waals surface area (Å²) in [6.07, 6.45) is 1.59. The molecule has 0 bridgehead atoms. The van der Waals surface area contributed by atoms with Gasteiger partial charge in [0.2, 0.25) is 0 Å². The molecule has 0 radical (unpaired) electrons. The second kappa shape index (κ2) is 2.37. The van der Waals surface area contributed by atoms with Gasteiger partial charge in [0, 0.05) is 11.1 Å². The van der Waals surface area contributed by atoms with E-state index < -0.39 is 0 Å². The highest BCUT2D eigenvalue weighted by atomic mass is 16.1. The van der Waals surface area contributed by atoms with Crippen LogP contribution in [0.25, 0.3) is 0 Å². The largest absolute Gasteiger partial charge is 0.295 e. The van der Waals surface area contributed by atoms with Gasteiger partial charge in [0.05, 0.1) is 0 Å². The van der Waals surface area contributed by atoms with E-state index in [1.54, 1.807) is 0 Å². The van der Waals surface area contributed by atoms with Crippen molar-refractivity contribution in [2.75, 3.05) is 0 Å². The minimum absolute atomic E-state index is 0.0523. The minimum atomic E-state index is 0.0523. The quantitative estimate of drug-likeness (QED) is 0.575. The molecule has 0 aromatic carbocycles. The zero-order valence-electron chi connectivity index (χ0n) is 6.23. The summed E-state index contributed by atoms with van der Waals surface area (Å²) >= 11 is 0. The van der Waals surface area contributed by atoms with Gasteiger partial charge in [0.25, 0.3) is 0 Å². The van der Waals surface area contributed by atoms with Gasteiger partial charge in [0.1, 0.15) is 0 Å². The Labute approximate surface area is 59.9 Å². The molecular formula is C8H10O2. The van der Waals surface area contributed by atoms with E-state index in [4.69, 9.17) is 0 Å². The van der Waals surface area contributed by atoms with Gasteiger partial charge >= 0.3 is 0 Å². The third kappa shape index (κ3) is 1.01. The first-order valence-corrected chi connectivity index (χ1v) is 3.37. The summed E-state index contributed by atoms with van der Waals surface area (Å²) in [5.41, 5.74) is 1.49. The molecule has 0 saturated heterocycles. The van der Waals surface area contributed by atoms with E-state index in [9.17, 15) is 9.59 Å². The van der Waals surface area contributed by atoms with Crippen LogP contribution in [0.4, 0.5) is 0 Å². The van der Waals surface area contributed by atoms with Crippen molar-refractivity contribution >= 4 is 11.6 Å². The molecule has 0 saturated carbocycles. The monoisotopic (exact) mass is 138 g/mol. The molecular weight excluding hydrogens is 128 g/mol. The predicted octanol–water partition coefficient (Wildman–Crippen LogP) is 1.25. The first kappa shape index (κ1) is 7.19. The predicted molar refractivity (Wildman–Crippen MR) is 37.6 cm³/mol. The van der Waals surface area contributed by atoms with Crippen LogP contribution in [0.15, 0.2) is 11.1 Å². The number of carbonyl (C=O) groups is 2. The van der Waals surface area contributed by atoms with Gasteiger partial charge in [-0.15, -0.1) is 0 Å². The number of Topliss-reactive ketones (excluding diaryl/α,β-unsaturated/α-hetero) is 2. The van der Waals surface area contributed by atoms with Gasteiger partial charge in [-0.3, -0.25) is 9.59 Å². The lowest BCUT2D eigenvalue weighted by Gasteiger charge is -2.18. The van der Waals surface area contributed by atoms with E-state index in [0.717, 1.165) is 24.0 Å². The molecule has 54 valence electrons. The molecule has 0 aromatic heterocycles. The molecule has 0 unspecified atom stereocenters. The molecule has 1 rings (SSSR count). The van der Waals surface area contributed by atoms with Crippen molar-refractivity contribution in [2.24, 2.45) is 0 Å². The second-order valence-corrected chi connectivity index (χ2v) is 2.57. The Morgan fingerprint density at radius 1 is 1.00 bits per heavy atom. The molecule has 0 N–H and O–H groups in total. The summed E-state index contributed by atoms with van der Waals surface area (Å²) in [5.74, 6) is 0.105. The van der Waals surface area contributed by atoms with Crippen molar-refractivity contribution < 1.29 is 9.59 Å². The highest BCUT2D eigenvalue weighted by Crippen LogP contribution is 2.28. The Bertz CT molecular complexity index is 199. The van der Waals surface area contributed by atoms with Crippen LogP contribution < -0.4 is 0 Å². The zero-order chi connectivity index (χ0) is 7.72. The smallest absolute Gasteiger partial charge is 0.156 e. The molecule has 0 heterocycles. The first-order chi connectivity index (χ1) is 4.63. The Morgan fingerprint density at radius 3 is 1.40 bits per heavy atom. The second-order valence-electron chi connectivity index (χ2n) is 2.57. The lowest BCUT2D eigenvalue weighted by atomic mass is 9.84. The fourth-order valence-corrected chi connectivity index (χ4v) is 1.15. The number of carbonyl (C=O) groups excluding carboxylic acids is 2. The summed E-state index contributed by atoms with van der Waals surface area (Å²) in [5, 5.41) is 0. The maximum atomic E-state index is 10.7. The van der Waals surface area contributed by atoms with Gasteiger partial charge in [-0.25, -0.2) is 0 Å². The van der Waals surface area contributed by atoms with Crippen molar-refractivity contribution in [3.05, 3.63) is 11.1 Å². The standard InChI is InChI=1S/C8H10O2/c1-5(9)7-3-4-8(7)6(2)10/h3-4H2,1-2H3. The summed E-state index contributed by atoms with van der Waals surface area (Å²) in [4.78, 5) is 21.5. The van der Waals surface area contributed by atoms with Crippen molar-refractivity contribution in [3.8, 4) is 0 Å². The molecule has 1 aliphatic carbocycles. The van der Waals surface area contributed by atoms with E-state index in [1.807, 2.05) is 0 Å². The fraction of sp³-hybridized carbons (Fsp3) is 0.500. The van der Waals surface area contributed by atoms with E-state index in [1.165, 1.54) is 13.8 Å². The maximum absolute atomic E-state index is 10.7. The van der Waals surface area contributed by atoms with Crippen LogP contribution in [0.1, 0.15) is 26.7 Å². The van der Waals surface area contributed by atoms with E-state index in [2.05, 4.69) is 0 Å². The molecule has 0 aromatic rings. The lowest BCUT2D eigenvalue weighted by molar-refractivity contribution is -0.117. The van der Waals surface area contributed by atoms with Gasteiger partial charge < -0.3 is 0 Å². The Morgan fingerprint density at radius 2 is 1.30 bits per heavy atom. The van der Waals surface area contributed by atoms with E-state index in [-0.39, 0.29) is 11.6 Å². The highest BCUT2D eigenvalue weighted by molar-refractivity contribution is 6.06. The van der Waals surface area contributed by atoms with Crippen molar-refractivity contribution in [2.45, 2.75) is 26.7 Å². The average molecular weight is 138 g/mol. The molecule has 10 heavy (non-hydrogen) atoms. The summed E-state index contributed by atoms with van der Waals surface area (Å²) in [7, 11) is 0. The summed E-state index contributed by atoms with van der Waals surface area (Å²) < 4.78 is 0. The molecule has 0 aliphatic heterocycles. The minimum Gasteiger partial charge on any atom is -0.295 e. The van der Waals surface area contributed by atoms with E-state index in [0.29, 0.717) is 0 Å². The highest BCUT2D eigenvalue weighted by Gasteiger charge is 2.23. The van der Waals surface area contributed by atoms with Crippen molar-refractivity contribution in [1.82, 2.24) is 0 Å². The molecule has 0 spiro atoms. The fourth-order valence-electron chi connectivity index (χ4n) is 1.15. The molecule has 1 aliphatic rings. The van der Waals surface area contributed by atoms with Crippen LogP contribution in [0, 0.1) is 0 Å². The van der Waals surface area contributed by atoms with Crippen LogP contribution in [-0.2, 0) is 9.59 Å². The Kier molecular flexibility index (Phi) is 1.70. The van der Waals surface area contributed by atoms with Crippen molar-refractivity contribution in [1.29, 1.82) is 0 Å². The number of ketones is 2. The number of allylic oxidation sites excluding steroid dienone is 2. The number of hydrogen-bond acceptors (Lipinski definition) is 2. The van der Waals surface area contributed by atoms with Gasteiger partial charge in [0.15, 0.2) is 11.6 Å². The first-order valence-electron chi connectivity index (χ1n) is 3.37. The summed E-state index contributed by atoms with van der Waals surface area (Å²) in [6, 6.07) is 0. The number of rotatable bonds is 2. The van der Waals surface area contributed by atoms with Crippen LogP contribution in [0.3, 0.4) is 0 Å².